The lowest BCUT2D eigenvalue weighted by Gasteiger charge is -2.01. The topological polar surface area (TPSA) is 17.1 Å². The lowest BCUT2D eigenvalue weighted by Crippen LogP contribution is -2.07. The number of hydrogen-bond donors (Lipinski definition) is 0. The van der Waals surface area contributed by atoms with Crippen LogP contribution >= 0.6 is 0 Å². The van der Waals surface area contributed by atoms with Crippen molar-refractivity contribution >= 4 is 5.78 Å². The van der Waals surface area contributed by atoms with Gasteiger partial charge in [-0.25, -0.2) is 0 Å². The van der Waals surface area contributed by atoms with Crippen molar-refractivity contribution in [2.24, 2.45) is 5.92 Å². The molecule has 0 aliphatic rings. The maximum Gasteiger partial charge on any atom is 0.208 e. The number of benzene rings is 1. The molecule has 0 radical (unpaired) electrons. The zero-order valence-electron chi connectivity index (χ0n) is 9.29. The Hall–Kier alpha value is -1.55. The van der Waals surface area contributed by atoms with Gasteiger partial charge in [0, 0.05) is 11.5 Å². The van der Waals surface area contributed by atoms with Crippen LogP contribution in [-0.2, 0) is 4.79 Å². The predicted octanol–water partition coefficient (Wildman–Crippen LogP) is 3.04. The van der Waals surface area contributed by atoms with Crippen LogP contribution in [0.25, 0.3) is 0 Å². The molecule has 15 heavy (non-hydrogen) atoms. The highest BCUT2D eigenvalue weighted by atomic mass is 16.1. The Balaban J connectivity index is 2.62. The van der Waals surface area contributed by atoms with Crippen molar-refractivity contribution in [3.05, 3.63) is 35.9 Å². The molecule has 0 fully saturated rings. The van der Waals surface area contributed by atoms with Crippen molar-refractivity contribution in [3.8, 4) is 11.8 Å². The molecule has 1 heteroatoms. The molecular formula is C14H16O. The maximum atomic E-state index is 11.5. The van der Waals surface area contributed by atoms with E-state index < -0.39 is 0 Å². The van der Waals surface area contributed by atoms with Crippen molar-refractivity contribution in [3.63, 3.8) is 0 Å². The van der Waals surface area contributed by atoms with E-state index in [-0.39, 0.29) is 11.7 Å². The molecule has 1 unspecified atom stereocenters. The van der Waals surface area contributed by atoms with Gasteiger partial charge in [-0.2, -0.15) is 0 Å². The Labute approximate surface area is 91.5 Å². The highest BCUT2D eigenvalue weighted by Crippen LogP contribution is 2.05. The lowest BCUT2D eigenvalue weighted by molar-refractivity contribution is -0.117. The molecule has 1 nitrogen and oxygen atoms in total. The summed E-state index contributed by atoms with van der Waals surface area (Å²) in [4.78, 5) is 11.5. The molecule has 0 N–H and O–H groups in total. The molecule has 0 saturated heterocycles. The zero-order valence-corrected chi connectivity index (χ0v) is 9.29. The molecule has 78 valence electrons. The van der Waals surface area contributed by atoms with Gasteiger partial charge in [0.15, 0.2) is 0 Å². The summed E-state index contributed by atoms with van der Waals surface area (Å²) < 4.78 is 0. The van der Waals surface area contributed by atoms with Crippen LogP contribution in [0.1, 0.15) is 32.3 Å². The molecule has 0 aliphatic heterocycles. The predicted molar refractivity (Wildman–Crippen MR) is 62.4 cm³/mol. The van der Waals surface area contributed by atoms with Crippen molar-refractivity contribution in [1.82, 2.24) is 0 Å². The van der Waals surface area contributed by atoms with Crippen LogP contribution in [0.4, 0.5) is 0 Å². The number of rotatable bonds is 3. The largest absolute Gasteiger partial charge is 0.285 e. The van der Waals surface area contributed by atoms with Crippen LogP contribution in [-0.4, -0.2) is 5.78 Å². The second-order valence-corrected chi connectivity index (χ2v) is 3.67. The Morgan fingerprint density at radius 2 is 2.00 bits per heavy atom. The van der Waals surface area contributed by atoms with Crippen LogP contribution < -0.4 is 0 Å². The minimum atomic E-state index is 0.0423. The van der Waals surface area contributed by atoms with Gasteiger partial charge in [-0.15, -0.1) is 0 Å². The molecule has 1 rings (SSSR count). The van der Waals surface area contributed by atoms with Crippen molar-refractivity contribution in [2.75, 3.05) is 0 Å². The van der Waals surface area contributed by atoms with Gasteiger partial charge in [0.25, 0.3) is 0 Å². The molecule has 0 saturated carbocycles. The van der Waals surface area contributed by atoms with Gasteiger partial charge < -0.3 is 0 Å². The van der Waals surface area contributed by atoms with Gasteiger partial charge in [0.2, 0.25) is 5.78 Å². The van der Waals surface area contributed by atoms with Crippen LogP contribution in [0.5, 0.6) is 0 Å². The fourth-order valence-electron chi connectivity index (χ4n) is 1.34. The molecule has 0 aliphatic carbocycles. The highest BCUT2D eigenvalue weighted by molar-refractivity contribution is 5.97. The number of Topliss-reactive ketones (excluding diaryl/α,β-unsaturated/α-hetero) is 1. The van der Waals surface area contributed by atoms with Gasteiger partial charge in [-0.1, -0.05) is 44.4 Å². The van der Waals surface area contributed by atoms with Gasteiger partial charge >= 0.3 is 0 Å². The number of carbonyl (C=O) groups excluding carboxylic acids is 1. The van der Waals surface area contributed by atoms with Crippen LogP contribution in [0.15, 0.2) is 30.3 Å². The second-order valence-electron chi connectivity index (χ2n) is 3.67. The molecule has 0 amide bonds. The number of carbonyl (C=O) groups is 1. The normalized spacial score (nSPS) is 11.3. The van der Waals surface area contributed by atoms with E-state index in [1.165, 1.54) is 0 Å². The summed E-state index contributed by atoms with van der Waals surface area (Å²) in [7, 11) is 0. The average molecular weight is 200 g/mol. The van der Waals surface area contributed by atoms with E-state index in [1.54, 1.807) is 0 Å². The summed E-state index contributed by atoms with van der Waals surface area (Å²) in [5, 5.41) is 0. The average Bonchev–Trinajstić information content (AvgIpc) is 2.27. The Bertz CT molecular complexity index is 367. The fraction of sp³-hybridized carbons (Fsp3) is 0.357. The standard InChI is InChI=1S/C14H16O/c1-3-7-12(2)14(15)11-10-13-8-5-4-6-9-13/h4-6,8-9,12H,3,7H2,1-2H3. The van der Waals surface area contributed by atoms with E-state index in [1.807, 2.05) is 37.3 Å². The van der Waals surface area contributed by atoms with E-state index in [2.05, 4.69) is 18.8 Å². The van der Waals surface area contributed by atoms with E-state index in [0.717, 1.165) is 18.4 Å². The molecule has 0 spiro atoms. The Morgan fingerprint density at radius 1 is 1.33 bits per heavy atom. The van der Waals surface area contributed by atoms with Gasteiger partial charge in [-0.05, 0) is 24.5 Å². The molecule has 0 aromatic heterocycles. The maximum absolute atomic E-state index is 11.5. The highest BCUT2D eigenvalue weighted by Gasteiger charge is 2.07. The molecule has 0 bridgehead atoms. The molecule has 1 aromatic rings. The van der Waals surface area contributed by atoms with Crippen molar-refractivity contribution in [2.45, 2.75) is 26.7 Å². The summed E-state index contributed by atoms with van der Waals surface area (Å²) in [5.74, 6) is 5.68. The second kappa shape index (κ2) is 6.03. The fourth-order valence-corrected chi connectivity index (χ4v) is 1.34. The molecule has 1 atom stereocenters. The third kappa shape index (κ3) is 3.99. The minimum Gasteiger partial charge on any atom is -0.285 e. The smallest absolute Gasteiger partial charge is 0.208 e. The Kier molecular flexibility index (Phi) is 4.63. The first-order valence-electron chi connectivity index (χ1n) is 5.35. The van der Waals surface area contributed by atoms with Crippen LogP contribution in [0.2, 0.25) is 0 Å². The molecule has 1 aromatic carbocycles. The first kappa shape index (κ1) is 11.5. The summed E-state index contributed by atoms with van der Waals surface area (Å²) >= 11 is 0. The SMILES string of the molecule is CCCC(C)C(=O)C#Cc1ccccc1. The van der Waals surface area contributed by atoms with E-state index in [9.17, 15) is 4.79 Å². The third-order valence-electron chi connectivity index (χ3n) is 2.27. The minimum absolute atomic E-state index is 0.0423. The van der Waals surface area contributed by atoms with E-state index in [0.29, 0.717) is 0 Å². The zero-order chi connectivity index (χ0) is 11.1. The van der Waals surface area contributed by atoms with Gasteiger partial charge in [0.05, 0.1) is 0 Å². The third-order valence-corrected chi connectivity index (χ3v) is 2.27. The van der Waals surface area contributed by atoms with Gasteiger partial charge in [-0.3, -0.25) is 4.79 Å². The molecule has 0 heterocycles. The molecular weight excluding hydrogens is 184 g/mol. The first-order chi connectivity index (χ1) is 7.24. The lowest BCUT2D eigenvalue weighted by atomic mass is 10.0. The van der Waals surface area contributed by atoms with E-state index >= 15 is 0 Å². The van der Waals surface area contributed by atoms with Gasteiger partial charge in [0.1, 0.15) is 0 Å². The summed E-state index contributed by atoms with van der Waals surface area (Å²) in [5.41, 5.74) is 0.898. The summed E-state index contributed by atoms with van der Waals surface area (Å²) in [6.45, 7) is 4.01. The summed E-state index contributed by atoms with van der Waals surface area (Å²) in [6.07, 6.45) is 1.95. The Morgan fingerprint density at radius 3 is 2.60 bits per heavy atom. The van der Waals surface area contributed by atoms with Crippen molar-refractivity contribution in [1.29, 1.82) is 0 Å². The monoisotopic (exact) mass is 200 g/mol. The summed E-state index contributed by atoms with van der Waals surface area (Å²) in [6, 6.07) is 9.59. The van der Waals surface area contributed by atoms with Crippen LogP contribution in [0, 0.1) is 17.8 Å². The quantitative estimate of drug-likeness (QED) is 0.685. The number of hydrogen-bond acceptors (Lipinski definition) is 1. The first-order valence-corrected chi connectivity index (χ1v) is 5.35. The van der Waals surface area contributed by atoms with Crippen LogP contribution in [0.3, 0.4) is 0 Å². The van der Waals surface area contributed by atoms with E-state index in [4.69, 9.17) is 0 Å². The van der Waals surface area contributed by atoms with Crippen molar-refractivity contribution < 1.29 is 4.79 Å². The number of ketones is 1.